The van der Waals surface area contributed by atoms with Gasteiger partial charge in [-0.05, 0) is 25.0 Å². The van der Waals surface area contributed by atoms with Crippen LogP contribution in [-0.2, 0) is 10.0 Å². The lowest BCUT2D eigenvalue weighted by Crippen LogP contribution is -2.28. The fourth-order valence-electron chi connectivity index (χ4n) is 1.92. The Morgan fingerprint density at radius 2 is 1.89 bits per heavy atom. The lowest BCUT2D eigenvalue weighted by molar-refractivity contribution is -0.388. The SMILES string of the molecule is O=[N+]([O-])c1cc(F)ccc1S(=O)(=O)N1CCCC1. The molecule has 0 N–H and O–H groups in total. The number of nitrogens with zero attached hydrogens (tertiary/aromatic N) is 2. The Labute approximate surface area is 103 Å². The summed E-state index contributed by atoms with van der Waals surface area (Å²) in [7, 11) is -3.91. The lowest BCUT2D eigenvalue weighted by atomic mass is 10.3. The highest BCUT2D eigenvalue weighted by molar-refractivity contribution is 7.89. The minimum atomic E-state index is -3.91. The summed E-state index contributed by atoms with van der Waals surface area (Å²) in [6.45, 7) is 0.688. The van der Waals surface area contributed by atoms with Crippen LogP contribution in [0.2, 0.25) is 0 Å². The van der Waals surface area contributed by atoms with E-state index in [9.17, 15) is 22.9 Å². The molecule has 1 saturated heterocycles. The topological polar surface area (TPSA) is 80.5 Å². The van der Waals surface area contributed by atoms with Crippen molar-refractivity contribution in [3.63, 3.8) is 0 Å². The van der Waals surface area contributed by atoms with Gasteiger partial charge in [0.05, 0.1) is 11.0 Å². The zero-order chi connectivity index (χ0) is 13.3. The average molecular weight is 274 g/mol. The average Bonchev–Trinajstić information content (AvgIpc) is 2.82. The molecule has 1 heterocycles. The van der Waals surface area contributed by atoms with Crippen LogP contribution in [0, 0.1) is 15.9 Å². The van der Waals surface area contributed by atoms with Crippen LogP contribution in [-0.4, -0.2) is 30.7 Å². The highest BCUT2D eigenvalue weighted by Gasteiger charge is 2.33. The van der Waals surface area contributed by atoms with Crippen LogP contribution in [0.4, 0.5) is 10.1 Å². The third-order valence-electron chi connectivity index (χ3n) is 2.80. The molecule has 1 aromatic carbocycles. The minimum Gasteiger partial charge on any atom is -0.258 e. The van der Waals surface area contributed by atoms with Crippen molar-refractivity contribution in [1.82, 2.24) is 4.31 Å². The third kappa shape index (κ3) is 2.21. The van der Waals surface area contributed by atoms with Crippen molar-refractivity contribution in [2.24, 2.45) is 0 Å². The number of rotatable bonds is 3. The van der Waals surface area contributed by atoms with Gasteiger partial charge < -0.3 is 0 Å². The number of sulfonamides is 1. The Balaban J connectivity index is 2.53. The van der Waals surface area contributed by atoms with E-state index in [1.54, 1.807) is 0 Å². The van der Waals surface area contributed by atoms with E-state index >= 15 is 0 Å². The number of nitro groups is 1. The summed E-state index contributed by atoms with van der Waals surface area (Å²) in [6, 6.07) is 2.49. The number of benzene rings is 1. The molecule has 0 aliphatic carbocycles. The zero-order valence-corrected chi connectivity index (χ0v) is 10.2. The van der Waals surface area contributed by atoms with E-state index in [1.165, 1.54) is 4.31 Å². The number of nitro benzene ring substituents is 1. The smallest absolute Gasteiger partial charge is 0.258 e. The van der Waals surface area contributed by atoms with Gasteiger partial charge in [-0.2, -0.15) is 4.31 Å². The van der Waals surface area contributed by atoms with E-state index in [0.29, 0.717) is 19.2 Å². The van der Waals surface area contributed by atoms with Crippen molar-refractivity contribution >= 4 is 15.7 Å². The lowest BCUT2D eigenvalue weighted by Gasteiger charge is -2.15. The Morgan fingerprint density at radius 3 is 2.44 bits per heavy atom. The van der Waals surface area contributed by atoms with Crippen LogP contribution in [0.1, 0.15) is 12.8 Å². The first kappa shape index (κ1) is 12.9. The van der Waals surface area contributed by atoms with Crippen LogP contribution >= 0.6 is 0 Å². The van der Waals surface area contributed by atoms with Crippen molar-refractivity contribution in [2.75, 3.05) is 13.1 Å². The van der Waals surface area contributed by atoms with Crippen molar-refractivity contribution in [1.29, 1.82) is 0 Å². The Bertz CT molecular complexity index is 582. The molecule has 0 saturated carbocycles. The summed E-state index contributed by atoms with van der Waals surface area (Å²) < 4.78 is 38.5. The molecule has 6 nitrogen and oxygen atoms in total. The van der Waals surface area contributed by atoms with Crippen molar-refractivity contribution < 1.29 is 17.7 Å². The molecule has 0 spiro atoms. The molecule has 0 radical (unpaired) electrons. The zero-order valence-electron chi connectivity index (χ0n) is 9.37. The monoisotopic (exact) mass is 274 g/mol. The Morgan fingerprint density at radius 1 is 1.28 bits per heavy atom. The third-order valence-corrected chi connectivity index (χ3v) is 4.75. The van der Waals surface area contributed by atoms with E-state index < -0.39 is 31.3 Å². The summed E-state index contributed by atoms with van der Waals surface area (Å²) in [5.41, 5.74) is -0.720. The molecule has 1 fully saturated rings. The second-order valence-electron chi connectivity index (χ2n) is 3.98. The van der Waals surface area contributed by atoms with Crippen LogP contribution in [0.5, 0.6) is 0 Å². The quantitative estimate of drug-likeness (QED) is 0.618. The molecule has 1 aromatic rings. The van der Waals surface area contributed by atoms with Gasteiger partial charge >= 0.3 is 0 Å². The van der Waals surface area contributed by atoms with Crippen molar-refractivity contribution in [3.05, 3.63) is 34.1 Å². The predicted molar refractivity (Wildman–Crippen MR) is 61.0 cm³/mol. The molecule has 1 aliphatic rings. The van der Waals surface area contributed by atoms with E-state index in [4.69, 9.17) is 0 Å². The summed E-state index contributed by atoms with van der Waals surface area (Å²) in [5, 5.41) is 10.8. The molecule has 18 heavy (non-hydrogen) atoms. The highest BCUT2D eigenvalue weighted by atomic mass is 32.2. The number of halogens is 1. The van der Waals surface area contributed by atoms with Gasteiger partial charge in [0.25, 0.3) is 5.69 Å². The molecule has 2 rings (SSSR count). The first-order valence-corrected chi connectivity index (χ1v) is 6.81. The predicted octanol–water partition coefficient (Wildman–Crippen LogP) is 1.52. The van der Waals surface area contributed by atoms with E-state index in [1.807, 2.05) is 0 Å². The summed E-state index contributed by atoms with van der Waals surface area (Å²) in [4.78, 5) is 9.46. The minimum absolute atomic E-state index is 0.344. The van der Waals surface area contributed by atoms with Crippen molar-refractivity contribution in [2.45, 2.75) is 17.7 Å². The molecule has 8 heteroatoms. The second kappa shape index (κ2) is 4.62. The number of hydrogen-bond acceptors (Lipinski definition) is 4. The molecule has 0 aromatic heterocycles. The second-order valence-corrected chi connectivity index (χ2v) is 5.89. The fraction of sp³-hybridized carbons (Fsp3) is 0.400. The largest absolute Gasteiger partial charge is 0.292 e. The van der Waals surface area contributed by atoms with E-state index in [0.717, 1.165) is 25.0 Å². The molecule has 0 atom stereocenters. The Hall–Kier alpha value is -1.54. The highest BCUT2D eigenvalue weighted by Crippen LogP contribution is 2.29. The van der Waals surface area contributed by atoms with Crippen molar-refractivity contribution in [3.8, 4) is 0 Å². The van der Waals surface area contributed by atoms with Crippen LogP contribution in [0.25, 0.3) is 0 Å². The van der Waals surface area contributed by atoms with Gasteiger partial charge in [0, 0.05) is 13.1 Å². The van der Waals surface area contributed by atoms with Gasteiger partial charge in [0.15, 0.2) is 4.90 Å². The van der Waals surface area contributed by atoms with Gasteiger partial charge in [-0.15, -0.1) is 0 Å². The molecule has 1 aliphatic heterocycles. The maximum Gasteiger partial charge on any atom is 0.292 e. The van der Waals surface area contributed by atoms with E-state index in [-0.39, 0.29) is 0 Å². The molecule has 0 unspecified atom stereocenters. The molecular formula is C10H11FN2O4S. The van der Waals surface area contributed by atoms with Gasteiger partial charge in [-0.1, -0.05) is 0 Å². The summed E-state index contributed by atoms with van der Waals surface area (Å²) in [6.07, 6.45) is 1.46. The van der Waals surface area contributed by atoms with Crippen LogP contribution < -0.4 is 0 Å². The van der Waals surface area contributed by atoms with Crippen LogP contribution in [0.15, 0.2) is 23.1 Å². The molecule has 0 bridgehead atoms. The summed E-state index contributed by atoms with van der Waals surface area (Å²) in [5.74, 6) is -0.831. The van der Waals surface area contributed by atoms with Gasteiger partial charge in [-0.3, -0.25) is 10.1 Å². The summed E-state index contributed by atoms with van der Waals surface area (Å²) >= 11 is 0. The molecule has 0 amide bonds. The van der Waals surface area contributed by atoms with Gasteiger partial charge in [-0.25, -0.2) is 12.8 Å². The van der Waals surface area contributed by atoms with E-state index in [2.05, 4.69) is 0 Å². The molecule has 98 valence electrons. The first-order valence-electron chi connectivity index (χ1n) is 5.37. The Kier molecular flexibility index (Phi) is 3.31. The first-order chi connectivity index (χ1) is 8.43. The fourth-order valence-corrected chi connectivity index (χ4v) is 3.57. The molecular weight excluding hydrogens is 263 g/mol. The number of hydrogen-bond donors (Lipinski definition) is 0. The maximum atomic E-state index is 13.0. The maximum absolute atomic E-state index is 13.0. The van der Waals surface area contributed by atoms with Gasteiger partial charge in [0.2, 0.25) is 10.0 Å². The standard InChI is InChI=1S/C10H11FN2O4S/c11-8-3-4-10(9(7-8)13(14)15)18(16,17)12-5-1-2-6-12/h3-4,7H,1-2,5-6H2. The van der Waals surface area contributed by atoms with Gasteiger partial charge in [0.1, 0.15) is 5.82 Å². The normalized spacial score (nSPS) is 16.9. The van der Waals surface area contributed by atoms with Crippen LogP contribution in [0.3, 0.4) is 0 Å².